The molecule has 2 rings (SSSR count). The van der Waals surface area contributed by atoms with Gasteiger partial charge < -0.3 is 15.3 Å². The highest BCUT2D eigenvalue weighted by Gasteiger charge is 2.27. The zero-order chi connectivity index (χ0) is 11.5. The molecule has 1 aliphatic heterocycles. The van der Waals surface area contributed by atoms with Crippen LogP contribution < -0.4 is 5.32 Å². The second kappa shape index (κ2) is 4.49. The highest BCUT2D eigenvalue weighted by atomic mass is 16.3. The molecule has 0 spiro atoms. The fraction of sp³-hybridized carbons (Fsp3) is 0.455. The van der Waals surface area contributed by atoms with Crippen molar-refractivity contribution in [1.82, 2.24) is 15.2 Å². The summed E-state index contributed by atoms with van der Waals surface area (Å²) >= 11 is 0. The van der Waals surface area contributed by atoms with Crippen LogP contribution in [0.2, 0.25) is 0 Å². The number of aromatic hydroxyl groups is 1. The molecule has 1 aromatic rings. The van der Waals surface area contributed by atoms with E-state index in [1.807, 2.05) is 7.05 Å². The molecule has 86 valence electrons. The van der Waals surface area contributed by atoms with Gasteiger partial charge in [0.2, 0.25) is 0 Å². The number of likely N-dealkylation sites (tertiary alicyclic amines) is 1. The summed E-state index contributed by atoms with van der Waals surface area (Å²) in [5.41, 5.74) is 0.326. The Morgan fingerprint density at radius 2 is 2.50 bits per heavy atom. The third-order valence-electron chi connectivity index (χ3n) is 2.91. The van der Waals surface area contributed by atoms with Crippen molar-refractivity contribution in [3.05, 3.63) is 24.0 Å². The second-order valence-electron chi connectivity index (χ2n) is 3.92. The highest BCUT2D eigenvalue weighted by molar-refractivity contribution is 5.96. The average molecular weight is 221 g/mol. The van der Waals surface area contributed by atoms with Crippen molar-refractivity contribution in [1.29, 1.82) is 0 Å². The topological polar surface area (TPSA) is 65.5 Å². The Balaban J connectivity index is 2.12. The first-order valence-corrected chi connectivity index (χ1v) is 5.32. The molecule has 1 fully saturated rings. The van der Waals surface area contributed by atoms with Crippen LogP contribution in [0.1, 0.15) is 16.8 Å². The summed E-state index contributed by atoms with van der Waals surface area (Å²) in [6.45, 7) is 1.42. The largest absolute Gasteiger partial charge is 0.505 e. The van der Waals surface area contributed by atoms with Gasteiger partial charge in [0.05, 0.1) is 11.8 Å². The molecule has 1 aromatic heterocycles. The van der Waals surface area contributed by atoms with Gasteiger partial charge in [-0.2, -0.15) is 0 Å². The molecular formula is C11H15N3O2. The number of amides is 1. The SMILES string of the molecule is CNC1CCN(C(=O)c2ccncc2O)C1. The minimum absolute atomic E-state index is 0.0552. The lowest BCUT2D eigenvalue weighted by molar-refractivity contribution is 0.0786. The molecule has 2 heterocycles. The predicted molar refractivity (Wildman–Crippen MR) is 59.3 cm³/mol. The summed E-state index contributed by atoms with van der Waals surface area (Å²) in [5, 5.41) is 12.7. The molecule has 1 atom stereocenters. The number of nitrogens with one attached hydrogen (secondary N) is 1. The zero-order valence-electron chi connectivity index (χ0n) is 9.18. The number of aromatic nitrogens is 1. The molecule has 5 nitrogen and oxygen atoms in total. The van der Waals surface area contributed by atoms with E-state index in [0.717, 1.165) is 13.0 Å². The molecule has 2 N–H and O–H groups in total. The third kappa shape index (κ3) is 1.99. The van der Waals surface area contributed by atoms with Crippen LogP contribution in [-0.4, -0.2) is 47.1 Å². The molecule has 0 aliphatic carbocycles. The van der Waals surface area contributed by atoms with Crippen molar-refractivity contribution in [3.8, 4) is 5.75 Å². The minimum Gasteiger partial charge on any atom is -0.505 e. The van der Waals surface area contributed by atoms with Gasteiger partial charge in [0, 0.05) is 25.3 Å². The molecular weight excluding hydrogens is 206 g/mol. The highest BCUT2D eigenvalue weighted by Crippen LogP contribution is 2.19. The van der Waals surface area contributed by atoms with Gasteiger partial charge in [-0.15, -0.1) is 0 Å². The average Bonchev–Trinajstić information content (AvgIpc) is 2.77. The number of hydrogen-bond donors (Lipinski definition) is 2. The number of nitrogens with zero attached hydrogens (tertiary/aromatic N) is 2. The lowest BCUT2D eigenvalue weighted by atomic mass is 10.2. The van der Waals surface area contributed by atoms with Gasteiger partial charge in [-0.05, 0) is 19.5 Å². The zero-order valence-corrected chi connectivity index (χ0v) is 9.18. The number of likely N-dealkylation sites (N-methyl/N-ethyl adjacent to an activating group) is 1. The normalized spacial score (nSPS) is 20.1. The number of rotatable bonds is 2. The van der Waals surface area contributed by atoms with Crippen molar-refractivity contribution < 1.29 is 9.90 Å². The van der Waals surface area contributed by atoms with Gasteiger partial charge in [0.25, 0.3) is 5.91 Å². The Morgan fingerprint density at radius 3 is 3.12 bits per heavy atom. The molecule has 0 saturated carbocycles. The van der Waals surface area contributed by atoms with Crippen molar-refractivity contribution in [2.24, 2.45) is 0 Å². The lowest BCUT2D eigenvalue weighted by Crippen LogP contribution is -2.33. The molecule has 1 unspecified atom stereocenters. The Morgan fingerprint density at radius 1 is 1.69 bits per heavy atom. The van der Waals surface area contributed by atoms with Crippen LogP contribution in [0.25, 0.3) is 0 Å². The van der Waals surface area contributed by atoms with Crippen LogP contribution in [-0.2, 0) is 0 Å². The molecule has 1 saturated heterocycles. The van der Waals surface area contributed by atoms with E-state index in [-0.39, 0.29) is 11.7 Å². The molecule has 0 radical (unpaired) electrons. The number of hydrogen-bond acceptors (Lipinski definition) is 4. The first-order chi connectivity index (χ1) is 7.72. The van der Waals surface area contributed by atoms with Crippen LogP contribution >= 0.6 is 0 Å². The van der Waals surface area contributed by atoms with E-state index in [9.17, 15) is 9.90 Å². The standard InChI is InChI=1S/C11H15N3O2/c1-12-8-3-5-14(7-8)11(16)9-2-4-13-6-10(9)15/h2,4,6,8,12,15H,3,5,7H2,1H3. The van der Waals surface area contributed by atoms with Crippen molar-refractivity contribution in [3.63, 3.8) is 0 Å². The fourth-order valence-corrected chi connectivity index (χ4v) is 1.92. The van der Waals surface area contributed by atoms with Crippen LogP contribution in [0, 0.1) is 0 Å². The van der Waals surface area contributed by atoms with E-state index in [1.54, 1.807) is 11.0 Å². The summed E-state index contributed by atoms with van der Waals surface area (Å²) < 4.78 is 0. The van der Waals surface area contributed by atoms with E-state index < -0.39 is 0 Å². The van der Waals surface area contributed by atoms with E-state index in [4.69, 9.17) is 0 Å². The predicted octanol–water partition coefficient (Wildman–Crippen LogP) is 0.221. The Bertz CT molecular complexity index is 395. The summed E-state index contributed by atoms with van der Waals surface area (Å²) in [5.74, 6) is -0.182. The van der Waals surface area contributed by atoms with E-state index in [2.05, 4.69) is 10.3 Å². The van der Waals surface area contributed by atoms with Gasteiger partial charge in [0.15, 0.2) is 0 Å². The Hall–Kier alpha value is -1.62. The molecule has 5 heteroatoms. The summed E-state index contributed by atoms with van der Waals surface area (Å²) in [4.78, 5) is 17.5. The lowest BCUT2D eigenvalue weighted by Gasteiger charge is -2.16. The second-order valence-corrected chi connectivity index (χ2v) is 3.92. The van der Waals surface area contributed by atoms with Gasteiger partial charge in [-0.3, -0.25) is 9.78 Å². The van der Waals surface area contributed by atoms with E-state index in [0.29, 0.717) is 18.2 Å². The molecule has 16 heavy (non-hydrogen) atoms. The molecule has 1 aliphatic rings. The maximum Gasteiger partial charge on any atom is 0.257 e. The smallest absolute Gasteiger partial charge is 0.257 e. The summed E-state index contributed by atoms with van der Waals surface area (Å²) in [6, 6.07) is 1.90. The van der Waals surface area contributed by atoms with Crippen LogP contribution in [0.4, 0.5) is 0 Å². The molecule has 0 aromatic carbocycles. The number of carbonyl (C=O) groups excluding carboxylic acids is 1. The minimum atomic E-state index is -0.127. The fourth-order valence-electron chi connectivity index (χ4n) is 1.92. The van der Waals surface area contributed by atoms with E-state index >= 15 is 0 Å². The third-order valence-corrected chi connectivity index (χ3v) is 2.91. The van der Waals surface area contributed by atoms with Gasteiger partial charge >= 0.3 is 0 Å². The number of carbonyl (C=O) groups is 1. The van der Waals surface area contributed by atoms with Crippen LogP contribution in [0.5, 0.6) is 5.75 Å². The van der Waals surface area contributed by atoms with Crippen molar-refractivity contribution in [2.75, 3.05) is 20.1 Å². The van der Waals surface area contributed by atoms with Crippen molar-refractivity contribution in [2.45, 2.75) is 12.5 Å². The summed E-state index contributed by atoms with van der Waals surface area (Å²) in [6.07, 6.45) is 3.76. The number of pyridine rings is 1. The van der Waals surface area contributed by atoms with Crippen LogP contribution in [0.15, 0.2) is 18.5 Å². The summed E-state index contributed by atoms with van der Waals surface area (Å²) in [7, 11) is 1.89. The maximum atomic E-state index is 12.0. The maximum absolute atomic E-state index is 12.0. The van der Waals surface area contributed by atoms with E-state index in [1.165, 1.54) is 12.4 Å². The van der Waals surface area contributed by atoms with Crippen molar-refractivity contribution >= 4 is 5.91 Å². The van der Waals surface area contributed by atoms with Gasteiger partial charge in [-0.1, -0.05) is 0 Å². The Kier molecular flexibility index (Phi) is 3.05. The van der Waals surface area contributed by atoms with Gasteiger partial charge in [-0.25, -0.2) is 0 Å². The first kappa shape index (κ1) is 10.9. The molecule has 0 bridgehead atoms. The monoisotopic (exact) mass is 221 g/mol. The quantitative estimate of drug-likeness (QED) is 0.750. The Labute approximate surface area is 94.1 Å². The molecule has 1 amide bonds. The van der Waals surface area contributed by atoms with Gasteiger partial charge in [0.1, 0.15) is 5.75 Å². The van der Waals surface area contributed by atoms with Crippen LogP contribution in [0.3, 0.4) is 0 Å². The first-order valence-electron chi connectivity index (χ1n) is 5.32.